The zero-order valence-corrected chi connectivity index (χ0v) is 12.8. The fourth-order valence-electron chi connectivity index (χ4n) is 3.12. The molecule has 20 heavy (non-hydrogen) atoms. The van der Waals surface area contributed by atoms with Gasteiger partial charge in [0.15, 0.2) is 0 Å². The highest BCUT2D eigenvalue weighted by Gasteiger charge is 2.20. The predicted molar refractivity (Wildman–Crippen MR) is 84.6 cm³/mol. The minimum absolute atomic E-state index is 0.744. The average Bonchev–Trinajstić information content (AvgIpc) is 3.29. The van der Waals surface area contributed by atoms with Gasteiger partial charge >= 0.3 is 0 Å². The summed E-state index contributed by atoms with van der Waals surface area (Å²) in [5.74, 6) is 0. The van der Waals surface area contributed by atoms with Gasteiger partial charge in [-0.2, -0.15) is 0 Å². The van der Waals surface area contributed by atoms with E-state index < -0.39 is 0 Å². The Morgan fingerprint density at radius 2 is 1.75 bits per heavy atom. The first-order valence-corrected chi connectivity index (χ1v) is 8.36. The monoisotopic (exact) mass is 272 g/mol. The van der Waals surface area contributed by atoms with Crippen molar-refractivity contribution in [1.82, 2.24) is 10.2 Å². The number of hydrogen-bond acceptors (Lipinski definition) is 2. The lowest BCUT2D eigenvalue weighted by molar-refractivity contribution is 0.205. The second kappa shape index (κ2) is 6.73. The highest BCUT2D eigenvalue weighted by Crippen LogP contribution is 2.20. The molecule has 1 atom stereocenters. The predicted octanol–water partition coefficient (Wildman–Crippen LogP) is 3.70. The minimum Gasteiger partial charge on any atom is -0.310 e. The molecule has 1 aromatic rings. The maximum atomic E-state index is 3.58. The van der Waals surface area contributed by atoms with Crippen LogP contribution in [0.2, 0.25) is 0 Å². The van der Waals surface area contributed by atoms with Crippen molar-refractivity contribution < 1.29 is 0 Å². The molecule has 2 aliphatic rings. The molecular formula is C18H28N2. The third-order valence-corrected chi connectivity index (χ3v) is 4.77. The molecule has 1 heterocycles. The molecule has 1 aliphatic heterocycles. The van der Waals surface area contributed by atoms with Gasteiger partial charge in [-0.25, -0.2) is 0 Å². The van der Waals surface area contributed by atoms with Crippen LogP contribution in [0.4, 0.5) is 0 Å². The van der Waals surface area contributed by atoms with Crippen molar-refractivity contribution in [2.45, 2.75) is 70.6 Å². The quantitative estimate of drug-likeness (QED) is 0.879. The molecule has 110 valence electrons. The number of rotatable bonds is 5. The van der Waals surface area contributed by atoms with Crippen LogP contribution in [-0.4, -0.2) is 23.5 Å². The van der Waals surface area contributed by atoms with Gasteiger partial charge in [-0.1, -0.05) is 37.1 Å². The highest BCUT2D eigenvalue weighted by molar-refractivity contribution is 5.22. The number of nitrogens with one attached hydrogen (secondary N) is 1. The van der Waals surface area contributed by atoms with Gasteiger partial charge in [-0.3, -0.25) is 4.90 Å². The van der Waals surface area contributed by atoms with Crippen LogP contribution in [0.3, 0.4) is 0 Å². The molecule has 0 aromatic heterocycles. The first-order chi connectivity index (χ1) is 9.81. The molecule has 1 aliphatic carbocycles. The summed E-state index contributed by atoms with van der Waals surface area (Å²) in [7, 11) is 0. The molecule has 1 saturated heterocycles. The molecule has 1 saturated carbocycles. The van der Waals surface area contributed by atoms with E-state index in [2.05, 4.69) is 41.4 Å². The zero-order chi connectivity index (χ0) is 13.8. The maximum absolute atomic E-state index is 3.58. The van der Waals surface area contributed by atoms with E-state index in [0.29, 0.717) is 0 Å². The number of hydrogen-bond donors (Lipinski definition) is 1. The Bertz CT molecular complexity index is 408. The van der Waals surface area contributed by atoms with E-state index in [4.69, 9.17) is 0 Å². The molecule has 0 spiro atoms. The lowest BCUT2D eigenvalue weighted by Crippen LogP contribution is -2.31. The van der Waals surface area contributed by atoms with Crippen molar-refractivity contribution in [2.75, 3.05) is 6.54 Å². The number of nitrogens with zero attached hydrogens (tertiary/aromatic N) is 1. The van der Waals surface area contributed by atoms with Gasteiger partial charge in [-0.15, -0.1) is 0 Å². The minimum atomic E-state index is 0.744. The van der Waals surface area contributed by atoms with Crippen molar-refractivity contribution in [3.8, 4) is 0 Å². The largest absolute Gasteiger partial charge is 0.310 e. The lowest BCUT2D eigenvalue weighted by Gasteiger charge is -2.27. The van der Waals surface area contributed by atoms with Crippen LogP contribution in [0.5, 0.6) is 0 Å². The fourth-order valence-corrected chi connectivity index (χ4v) is 3.12. The van der Waals surface area contributed by atoms with E-state index in [1.54, 1.807) is 0 Å². The molecule has 2 heteroatoms. The summed E-state index contributed by atoms with van der Waals surface area (Å²) in [4.78, 5) is 2.66. The second-order valence-electron chi connectivity index (χ2n) is 6.64. The van der Waals surface area contributed by atoms with Gasteiger partial charge in [0.25, 0.3) is 0 Å². The topological polar surface area (TPSA) is 15.3 Å². The van der Waals surface area contributed by atoms with Crippen molar-refractivity contribution in [1.29, 1.82) is 0 Å². The molecular weight excluding hydrogens is 244 g/mol. The van der Waals surface area contributed by atoms with Gasteiger partial charge in [-0.05, 0) is 50.3 Å². The van der Waals surface area contributed by atoms with Crippen LogP contribution in [-0.2, 0) is 13.1 Å². The Morgan fingerprint density at radius 1 is 1.00 bits per heavy atom. The van der Waals surface area contributed by atoms with Crippen LogP contribution in [0, 0.1) is 0 Å². The third kappa shape index (κ3) is 4.07. The molecule has 0 bridgehead atoms. The van der Waals surface area contributed by atoms with Crippen LogP contribution in [0.25, 0.3) is 0 Å². The van der Waals surface area contributed by atoms with Crippen molar-refractivity contribution >= 4 is 0 Å². The average molecular weight is 272 g/mol. The van der Waals surface area contributed by atoms with E-state index in [1.807, 2.05) is 0 Å². The number of likely N-dealkylation sites (tertiary alicyclic amines) is 1. The van der Waals surface area contributed by atoms with Gasteiger partial charge < -0.3 is 5.32 Å². The molecule has 2 fully saturated rings. The van der Waals surface area contributed by atoms with E-state index in [0.717, 1.165) is 25.2 Å². The lowest BCUT2D eigenvalue weighted by atomic mass is 10.1. The van der Waals surface area contributed by atoms with Gasteiger partial charge in [0, 0.05) is 25.2 Å². The fraction of sp³-hybridized carbons (Fsp3) is 0.667. The maximum Gasteiger partial charge on any atom is 0.0236 e. The van der Waals surface area contributed by atoms with E-state index >= 15 is 0 Å². The summed E-state index contributed by atoms with van der Waals surface area (Å²) in [5.41, 5.74) is 2.89. The molecule has 2 nitrogen and oxygen atoms in total. The summed E-state index contributed by atoms with van der Waals surface area (Å²) < 4.78 is 0. The van der Waals surface area contributed by atoms with E-state index in [-0.39, 0.29) is 0 Å². The SMILES string of the molecule is CC1CCCCCN1Cc1ccc(CNC2CC2)cc1. The normalized spacial score (nSPS) is 24.6. The Hall–Kier alpha value is -0.860. The van der Waals surface area contributed by atoms with E-state index in [9.17, 15) is 0 Å². The zero-order valence-electron chi connectivity index (χ0n) is 12.8. The summed E-state index contributed by atoms with van der Waals surface area (Å²) in [6.45, 7) is 5.81. The van der Waals surface area contributed by atoms with Gasteiger partial charge in [0.1, 0.15) is 0 Å². The molecule has 1 aromatic carbocycles. The van der Waals surface area contributed by atoms with Gasteiger partial charge in [0.05, 0.1) is 0 Å². The van der Waals surface area contributed by atoms with Gasteiger partial charge in [0.2, 0.25) is 0 Å². The summed E-state index contributed by atoms with van der Waals surface area (Å²) >= 11 is 0. The molecule has 3 rings (SSSR count). The Morgan fingerprint density at radius 3 is 2.50 bits per heavy atom. The first-order valence-electron chi connectivity index (χ1n) is 8.36. The van der Waals surface area contributed by atoms with E-state index in [1.165, 1.54) is 56.2 Å². The standard InChI is InChI=1S/C18H28N2/c1-15-5-3-2-4-12-20(15)14-17-8-6-16(7-9-17)13-19-18-10-11-18/h6-9,15,18-19H,2-5,10-14H2,1H3. The van der Waals surface area contributed by atoms with Crippen LogP contribution >= 0.6 is 0 Å². The second-order valence-corrected chi connectivity index (χ2v) is 6.64. The summed E-state index contributed by atoms with van der Waals surface area (Å²) in [6.07, 6.45) is 8.28. The Balaban J connectivity index is 1.53. The molecule has 1 unspecified atom stereocenters. The Labute approximate surface area is 123 Å². The third-order valence-electron chi connectivity index (χ3n) is 4.77. The summed E-state index contributed by atoms with van der Waals surface area (Å²) in [5, 5.41) is 3.58. The molecule has 1 N–H and O–H groups in total. The molecule has 0 radical (unpaired) electrons. The highest BCUT2D eigenvalue weighted by atomic mass is 15.1. The summed E-state index contributed by atoms with van der Waals surface area (Å²) in [6, 6.07) is 10.8. The Kier molecular flexibility index (Phi) is 4.74. The van der Waals surface area contributed by atoms with Crippen LogP contribution in [0.1, 0.15) is 56.6 Å². The van der Waals surface area contributed by atoms with Crippen LogP contribution in [0.15, 0.2) is 24.3 Å². The van der Waals surface area contributed by atoms with Crippen molar-refractivity contribution in [2.24, 2.45) is 0 Å². The van der Waals surface area contributed by atoms with Crippen molar-refractivity contribution in [3.63, 3.8) is 0 Å². The first kappa shape index (κ1) is 14.1. The van der Waals surface area contributed by atoms with Crippen molar-refractivity contribution in [3.05, 3.63) is 35.4 Å². The van der Waals surface area contributed by atoms with Crippen LogP contribution < -0.4 is 5.32 Å². The smallest absolute Gasteiger partial charge is 0.0236 e. The number of benzene rings is 1. The molecule has 0 amide bonds.